The fourth-order valence-electron chi connectivity index (χ4n) is 1.13. The number of hydrogen-bond donors (Lipinski definition) is 1. The summed E-state index contributed by atoms with van der Waals surface area (Å²) >= 11 is 5.81. The van der Waals surface area contributed by atoms with Gasteiger partial charge in [0.25, 0.3) is 10.0 Å². The number of sulfonamides is 1. The van der Waals surface area contributed by atoms with Crippen LogP contribution in [0.3, 0.4) is 0 Å². The highest BCUT2D eigenvalue weighted by Crippen LogP contribution is 2.20. The van der Waals surface area contributed by atoms with Crippen LogP contribution in [0.1, 0.15) is 0 Å². The zero-order chi connectivity index (χ0) is 12.5. The lowest BCUT2D eigenvalue weighted by Crippen LogP contribution is -2.14. The quantitative estimate of drug-likeness (QED) is 0.887. The summed E-state index contributed by atoms with van der Waals surface area (Å²) in [5.74, 6) is 0. The molecule has 0 amide bonds. The molecule has 2 aromatic rings. The Labute approximate surface area is 103 Å². The SMILES string of the molecule is Cn1cnc(S(=O)(=O)Nc2cncnc2)c1Cl. The van der Waals surface area contributed by atoms with Gasteiger partial charge in [0.05, 0.1) is 24.4 Å². The predicted molar refractivity (Wildman–Crippen MR) is 61.1 cm³/mol. The minimum Gasteiger partial charge on any atom is -0.324 e. The second-order valence-electron chi connectivity index (χ2n) is 3.18. The van der Waals surface area contributed by atoms with Gasteiger partial charge in [-0.15, -0.1) is 0 Å². The smallest absolute Gasteiger partial charge is 0.282 e. The molecule has 2 heterocycles. The average molecular weight is 274 g/mol. The van der Waals surface area contributed by atoms with Gasteiger partial charge in [0.1, 0.15) is 11.5 Å². The fourth-order valence-corrected chi connectivity index (χ4v) is 2.59. The molecular weight excluding hydrogens is 266 g/mol. The van der Waals surface area contributed by atoms with Crippen molar-refractivity contribution in [2.24, 2.45) is 7.05 Å². The standard InChI is InChI=1S/C8H8ClN5O2S/c1-14-5-12-8(7(14)9)17(15,16)13-6-2-10-4-11-3-6/h2-5,13H,1H3. The molecule has 0 saturated carbocycles. The molecule has 0 unspecified atom stereocenters. The van der Waals surface area contributed by atoms with Crippen molar-refractivity contribution >= 4 is 27.3 Å². The van der Waals surface area contributed by atoms with Gasteiger partial charge in [-0.3, -0.25) is 4.72 Å². The van der Waals surface area contributed by atoms with Crippen LogP contribution in [0.4, 0.5) is 5.69 Å². The van der Waals surface area contributed by atoms with Gasteiger partial charge in [-0.2, -0.15) is 8.42 Å². The van der Waals surface area contributed by atoms with Crippen LogP contribution < -0.4 is 4.72 Å². The lowest BCUT2D eigenvalue weighted by atomic mass is 10.6. The van der Waals surface area contributed by atoms with E-state index in [0.717, 1.165) is 0 Å². The van der Waals surface area contributed by atoms with E-state index in [0.29, 0.717) is 0 Å². The Bertz CT molecular complexity index is 625. The van der Waals surface area contributed by atoms with E-state index < -0.39 is 10.0 Å². The largest absolute Gasteiger partial charge is 0.324 e. The van der Waals surface area contributed by atoms with Crippen molar-refractivity contribution < 1.29 is 8.42 Å². The van der Waals surface area contributed by atoms with Crippen LogP contribution in [0.5, 0.6) is 0 Å². The Balaban J connectivity index is 2.35. The molecule has 2 rings (SSSR count). The molecule has 7 nitrogen and oxygen atoms in total. The summed E-state index contributed by atoms with van der Waals surface area (Å²) in [4.78, 5) is 11.1. The lowest BCUT2D eigenvalue weighted by molar-refractivity contribution is 0.598. The Morgan fingerprint density at radius 2 is 2.00 bits per heavy atom. The molecule has 0 fully saturated rings. The lowest BCUT2D eigenvalue weighted by Gasteiger charge is -2.04. The average Bonchev–Trinajstić information content (AvgIpc) is 2.61. The van der Waals surface area contributed by atoms with Crippen LogP contribution >= 0.6 is 11.6 Å². The van der Waals surface area contributed by atoms with Gasteiger partial charge >= 0.3 is 0 Å². The van der Waals surface area contributed by atoms with E-state index in [1.165, 1.54) is 29.6 Å². The van der Waals surface area contributed by atoms with E-state index in [-0.39, 0.29) is 15.9 Å². The Kier molecular flexibility index (Phi) is 2.99. The summed E-state index contributed by atoms with van der Waals surface area (Å²) in [6, 6.07) is 0. The highest BCUT2D eigenvalue weighted by Gasteiger charge is 2.22. The predicted octanol–water partition coefficient (Wildman–Crippen LogP) is 0.664. The van der Waals surface area contributed by atoms with Crippen LogP contribution in [0, 0.1) is 0 Å². The molecule has 9 heteroatoms. The van der Waals surface area contributed by atoms with E-state index in [9.17, 15) is 8.42 Å². The maximum Gasteiger partial charge on any atom is 0.282 e. The molecule has 0 saturated heterocycles. The van der Waals surface area contributed by atoms with E-state index >= 15 is 0 Å². The van der Waals surface area contributed by atoms with Crippen molar-refractivity contribution in [3.05, 3.63) is 30.2 Å². The third-order valence-corrected chi connectivity index (χ3v) is 3.77. The second kappa shape index (κ2) is 4.30. The van der Waals surface area contributed by atoms with Gasteiger partial charge in [-0.25, -0.2) is 15.0 Å². The molecule has 0 atom stereocenters. The first kappa shape index (κ1) is 11.8. The molecule has 0 bridgehead atoms. The topological polar surface area (TPSA) is 89.8 Å². The molecule has 0 aliphatic carbocycles. The fraction of sp³-hybridized carbons (Fsp3) is 0.125. The number of imidazole rings is 1. The number of halogens is 1. The van der Waals surface area contributed by atoms with Gasteiger partial charge < -0.3 is 4.57 Å². The Hall–Kier alpha value is -1.67. The highest BCUT2D eigenvalue weighted by molar-refractivity contribution is 7.92. The minimum atomic E-state index is -3.82. The van der Waals surface area contributed by atoms with Crippen LogP contribution in [0.2, 0.25) is 5.15 Å². The number of aromatic nitrogens is 4. The zero-order valence-corrected chi connectivity index (χ0v) is 10.3. The van der Waals surface area contributed by atoms with Crippen molar-refractivity contribution in [2.75, 3.05) is 4.72 Å². The first-order chi connectivity index (χ1) is 8.00. The molecular formula is C8H8ClN5O2S. The molecule has 1 N–H and O–H groups in total. The minimum absolute atomic E-state index is 0.0364. The molecule has 0 spiro atoms. The molecule has 90 valence electrons. The van der Waals surface area contributed by atoms with E-state index in [2.05, 4.69) is 19.7 Å². The summed E-state index contributed by atoms with van der Waals surface area (Å²) in [6.07, 6.45) is 5.28. The number of anilines is 1. The van der Waals surface area contributed by atoms with Crippen LogP contribution in [0.15, 0.2) is 30.1 Å². The molecule has 0 radical (unpaired) electrons. The van der Waals surface area contributed by atoms with E-state index in [1.54, 1.807) is 7.05 Å². The number of rotatable bonds is 3. The van der Waals surface area contributed by atoms with Gasteiger partial charge in [-0.05, 0) is 0 Å². The van der Waals surface area contributed by atoms with Crippen molar-refractivity contribution in [3.63, 3.8) is 0 Å². The summed E-state index contributed by atoms with van der Waals surface area (Å²) in [5.41, 5.74) is 0.245. The van der Waals surface area contributed by atoms with Crippen molar-refractivity contribution in [3.8, 4) is 0 Å². The van der Waals surface area contributed by atoms with Crippen LogP contribution in [-0.4, -0.2) is 27.9 Å². The highest BCUT2D eigenvalue weighted by atomic mass is 35.5. The number of hydrogen-bond acceptors (Lipinski definition) is 5. The summed E-state index contributed by atoms with van der Waals surface area (Å²) in [6.45, 7) is 0. The maximum atomic E-state index is 11.9. The number of nitrogens with one attached hydrogen (secondary N) is 1. The van der Waals surface area contributed by atoms with Crippen LogP contribution in [-0.2, 0) is 17.1 Å². The van der Waals surface area contributed by atoms with Gasteiger partial charge in [-0.1, -0.05) is 11.6 Å². The van der Waals surface area contributed by atoms with Crippen molar-refractivity contribution in [2.45, 2.75) is 5.03 Å². The molecule has 17 heavy (non-hydrogen) atoms. The monoisotopic (exact) mass is 273 g/mol. The molecule has 0 aliphatic rings. The number of nitrogens with zero attached hydrogens (tertiary/aromatic N) is 4. The second-order valence-corrected chi connectivity index (χ2v) is 5.14. The van der Waals surface area contributed by atoms with E-state index in [4.69, 9.17) is 11.6 Å². The normalized spacial score (nSPS) is 11.4. The third kappa shape index (κ3) is 2.37. The Morgan fingerprint density at radius 1 is 1.35 bits per heavy atom. The molecule has 0 aliphatic heterocycles. The Morgan fingerprint density at radius 3 is 2.53 bits per heavy atom. The summed E-state index contributed by atoms with van der Waals surface area (Å²) < 4.78 is 27.5. The van der Waals surface area contributed by atoms with Gasteiger partial charge in [0.15, 0.2) is 0 Å². The maximum absolute atomic E-state index is 11.9. The first-order valence-electron chi connectivity index (χ1n) is 4.45. The van der Waals surface area contributed by atoms with Crippen LogP contribution in [0.25, 0.3) is 0 Å². The first-order valence-corrected chi connectivity index (χ1v) is 6.31. The zero-order valence-electron chi connectivity index (χ0n) is 8.70. The molecule has 2 aromatic heterocycles. The van der Waals surface area contributed by atoms with Crippen molar-refractivity contribution in [1.82, 2.24) is 19.5 Å². The van der Waals surface area contributed by atoms with Gasteiger partial charge in [0, 0.05) is 7.05 Å². The summed E-state index contributed by atoms with van der Waals surface area (Å²) in [7, 11) is -2.22. The van der Waals surface area contributed by atoms with Crippen molar-refractivity contribution in [1.29, 1.82) is 0 Å². The summed E-state index contributed by atoms with van der Waals surface area (Å²) in [5, 5.41) is -0.195. The third-order valence-electron chi connectivity index (χ3n) is 1.90. The van der Waals surface area contributed by atoms with Gasteiger partial charge in [0.2, 0.25) is 5.03 Å². The number of aryl methyl sites for hydroxylation is 1. The van der Waals surface area contributed by atoms with E-state index in [1.807, 2.05) is 0 Å². The molecule has 0 aromatic carbocycles.